The Morgan fingerprint density at radius 1 is 1.46 bits per heavy atom. The summed E-state index contributed by atoms with van der Waals surface area (Å²) in [5.41, 5.74) is 0.403. The molecule has 24 heavy (non-hydrogen) atoms. The molecule has 0 radical (unpaired) electrons. The number of nitrogens with one attached hydrogen (secondary N) is 1. The summed E-state index contributed by atoms with van der Waals surface area (Å²) in [7, 11) is 1.62. The van der Waals surface area contributed by atoms with Crippen LogP contribution in [0.25, 0.3) is 0 Å². The second-order valence-electron chi connectivity index (χ2n) is 6.11. The fourth-order valence-electron chi connectivity index (χ4n) is 3.38. The fraction of sp³-hybridized carbons (Fsp3) is 0.706. The number of carbonyl (C=O) groups is 2. The highest BCUT2D eigenvalue weighted by Crippen LogP contribution is 2.36. The van der Waals surface area contributed by atoms with Crippen LogP contribution in [-0.2, 0) is 27.3 Å². The highest BCUT2D eigenvalue weighted by Gasteiger charge is 2.47. The molecule has 1 fully saturated rings. The Bertz CT molecular complexity index is 575. The van der Waals surface area contributed by atoms with Crippen molar-refractivity contribution >= 4 is 23.2 Å². The zero-order valence-electron chi connectivity index (χ0n) is 14.8. The highest BCUT2D eigenvalue weighted by molar-refractivity contribution is 7.09. The minimum Gasteiger partial charge on any atom is -0.465 e. The summed E-state index contributed by atoms with van der Waals surface area (Å²) in [5.74, 6) is -0.144. The van der Waals surface area contributed by atoms with Gasteiger partial charge in [0.05, 0.1) is 18.7 Å². The molecule has 1 saturated heterocycles. The van der Waals surface area contributed by atoms with Crippen LogP contribution in [0.2, 0.25) is 0 Å². The van der Waals surface area contributed by atoms with E-state index in [0.29, 0.717) is 19.6 Å². The number of hydrogen-bond acceptors (Lipinski definition) is 6. The third-order valence-electron chi connectivity index (χ3n) is 4.49. The maximum Gasteiger partial charge on any atom is 0.326 e. The van der Waals surface area contributed by atoms with E-state index in [1.54, 1.807) is 7.05 Å². The molecule has 0 saturated carbocycles. The first-order valence-corrected chi connectivity index (χ1v) is 9.49. The van der Waals surface area contributed by atoms with Crippen molar-refractivity contribution in [2.24, 2.45) is 0 Å². The van der Waals surface area contributed by atoms with E-state index in [2.05, 4.69) is 22.1 Å². The van der Waals surface area contributed by atoms with Gasteiger partial charge in [-0.2, -0.15) is 0 Å². The molecule has 1 aromatic rings. The van der Waals surface area contributed by atoms with Gasteiger partial charge >= 0.3 is 5.97 Å². The molecular formula is C17H27N3O3S. The SMILES string of the molecule is CCCC1(C(=O)OCC)CCCN1Cc1csc(CC(=O)NC)n1. The van der Waals surface area contributed by atoms with Crippen LogP contribution >= 0.6 is 11.3 Å². The van der Waals surface area contributed by atoms with E-state index < -0.39 is 5.54 Å². The second-order valence-corrected chi connectivity index (χ2v) is 7.05. The topological polar surface area (TPSA) is 71.5 Å². The molecule has 0 spiro atoms. The number of carbonyl (C=O) groups excluding carboxylic acids is 2. The van der Waals surface area contributed by atoms with Gasteiger partial charge < -0.3 is 10.1 Å². The van der Waals surface area contributed by atoms with E-state index in [-0.39, 0.29) is 11.9 Å². The molecule has 0 aromatic carbocycles. The molecule has 1 atom stereocenters. The van der Waals surface area contributed by atoms with Crippen molar-refractivity contribution in [1.82, 2.24) is 15.2 Å². The van der Waals surface area contributed by atoms with Gasteiger partial charge in [0.1, 0.15) is 10.5 Å². The van der Waals surface area contributed by atoms with Crippen LogP contribution in [0.1, 0.15) is 50.2 Å². The molecule has 1 aliphatic rings. The van der Waals surface area contributed by atoms with Gasteiger partial charge in [-0.05, 0) is 32.7 Å². The number of thiazole rings is 1. The number of hydrogen-bond donors (Lipinski definition) is 1. The Kier molecular flexibility index (Phi) is 6.74. The minimum atomic E-state index is -0.519. The van der Waals surface area contributed by atoms with Crippen molar-refractivity contribution in [1.29, 1.82) is 0 Å². The third kappa shape index (κ3) is 4.13. The molecule has 1 aromatic heterocycles. The number of ether oxygens (including phenoxy) is 1. The Morgan fingerprint density at radius 3 is 2.92 bits per heavy atom. The lowest BCUT2D eigenvalue weighted by molar-refractivity contribution is -0.157. The lowest BCUT2D eigenvalue weighted by Gasteiger charge is -2.35. The Hall–Kier alpha value is -1.47. The predicted octanol–water partition coefficient (Wildman–Crippen LogP) is 2.13. The highest BCUT2D eigenvalue weighted by atomic mass is 32.1. The van der Waals surface area contributed by atoms with Crippen LogP contribution in [0, 0.1) is 0 Å². The van der Waals surface area contributed by atoms with Crippen LogP contribution < -0.4 is 5.32 Å². The first-order chi connectivity index (χ1) is 11.6. The fourth-order valence-corrected chi connectivity index (χ4v) is 4.17. The average Bonchev–Trinajstić information content (AvgIpc) is 3.16. The summed E-state index contributed by atoms with van der Waals surface area (Å²) in [4.78, 5) is 30.9. The molecule has 1 amide bonds. The maximum absolute atomic E-state index is 12.6. The Balaban J connectivity index is 2.11. The number of esters is 1. The molecule has 134 valence electrons. The molecule has 1 unspecified atom stereocenters. The first kappa shape index (κ1) is 18.9. The molecule has 0 bridgehead atoms. The van der Waals surface area contributed by atoms with Crippen molar-refractivity contribution in [2.45, 2.75) is 58.0 Å². The largest absolute Gasteiger partial charge is 0.465 e. The smallest absolute Gasteiger partial charge is 0.326 e. The van der Waals surface area contributed by atoms with Gasteiger partial charge in [-0.3, -0.25) is 14.5 Å². The zero-order chi connectivity index (χ0) is 17.6. The van der Waals surface area contributed by atoms with Crippen molar-refractivity contribution in [2.75, 3.05) is 20.2 Å². The summed E-state index contributed by atoms with van der Waals surface area (Å²) >= 11 is 1.49. The number of aromatic nitrogens is 1. The van der Waals surface area contributed by atoms with Gasteiger partial charge in [0, 0.05) is 19.0 Å². The zero-order valence-corrected chi connectivity index (χ0v) is 15.6. The number of rotatable bonds is 8. The van der Waals surface area contributed by atoms with Gasteiger partial charge in [-0.1, -0.05) is 13.3 Å². The molecule has 0 aliphatic carbocycles. The standard InChI is InChI=1S/C17H27N3O3S/c1-4-7-17(16(22)23-5-2)8-6-9-20(17)11-13-12-24-15(19-13)10-14(21)18-3/h12H,4-11H2,1-3H3,(H,18,21). The second kappa shape index (κ2) is 8.58. The van der Waals surface area contributed by atoms with E-state index >= 15 is 0 Å². The number of likely N-dealkylation sites (N-methyl/N-ethyl adjacent to an activating group) is 1. The molecule has 2 heterocycles. The molecule has 1 N–H and O–H groups in total. The van der Waals surface area contributed by atoms with Gasteiger partial charge in [-0.25, -0.2) is 4.98 Å². The molecule has 1 aliphatic heterocycles. The average molecular weight is 353 g/mol. The third-order valence-corrected chi connectivity index (χ3v) is 5.38. The lowest BCUT2D eigenvalue weighted by Crippen LogP contribution is -2.51. The van der Waals surface area contributed by atoms with E-state index in [1.165, 1.54) is 11.3 Å². The summed E-state index contributed by atoms with van der Waals surface area (Å²) < 4.78 is 5.37. The van der Waals surface area contributed by atoms with E-state index in [4.69, 9.17) is 4.74 Å². The van der Waals surface area contributed by atoms with Crippen LogP contribution in [-0.4, -0.2) is 47.5 Å². The van der Waals surface area contributed by atoms with E-state index in [9.17, 15) is 9.59 Å². The van der Waals surface area contributed by atoms with Gasteiger partial charge in [0.25, 0.3) is 0 Å². The van der Waals surface area contributed by atoms with Crippen LogP contribution in [0.15, 0.2) is 5.38 Å². The van der Waals surface area contributed by atoms with Crippen molar-refractivity contribution < 1.29 is 14.3 Å². The van der Waals surface area contributed by atoms with Crippen molar-refractivity contribution in [3.8, 4) is 0 Å². The van der Waals surface area contributed by atoms with Crippen molar-refractivity contribution in [3.63, 3.8) is 0 Å². The lowest BCUT2D eigenvalue weighted by atomic mass is 9.90. The maximum atomic E-state index is 12.6. The molecule has 2 rings (SSSR count). The van der Waals surface area contributed by atoms with Crippen molar-refractivity contribution in [3.05, 3.63) is 16.1 Å². The van der Waals surface area contributed by atoms with Crippen LogP contribution in [0.3, 0.4) is 0 Å². The summed E-state index contributed by atoms with van der Waals surface area (Å²) in [6, 6.07) is 0. The van der Waals surface area contributed by atoms with E-state index in [0.717, 1.165) is 42.9 Å². The summed E-state index contributed by atoms with van der Waals surface area (Å²) in [6.45, 7) is 5.86. The molecule has 7 heteroatoms. The molecular weight excluding hydrogens is 326 g/mol. The van der Waals surface area contributed by atoms with E-state index in [1.807, 2.05) is 12.3 Å². The number of nitrogens with zero attached hydrogens (tertiary/aromatic N) is 2. The summed E-state index contributed by atoms with van der Waals surface area (Å²) in [6.07, 6.45) is 3.89. The number of likely N-dealkylation sites (tertiary alicyclic amines) is 1. The first-order valence-electron chi connectivity index (χ1n) is 8.61. The monoisotopic (exact) mass is 353 g/mol. The summed E-state index contributed by atoms with van der Waals surface area (Å²) in [5, 5.41) is 5.40. The normalized spacial score (nSPS) is 21.0. The quantitative estimate of drug-likeness (QED) is 0.725. The van der Waals surface area contributed by atoms with Gasteiger partial charge in [-0.15, -0.1) is 11.3 Å². The minimum absolute atomic E-state index is 0.0380. The number of amides is 1. The van der Waals surface area contributed by atoms with Gasteiger partial charge in [0.15, 0.2) is 0 Å². The van der Waals surface area contributed by atoms with Crippen LogP contribution in [0.5, 0.6) is 0 Å². The Morgan fingerprint density at radius 2 is 2.25 bits per heavy atom. The Labute approximate surface area is 147 Å². The van der Waals surface area contributed by atoms with Crippen LogP contribution in [0.4, 0.5) is 0 Å². The molecule has 6 nitrogen and oxygen atoms in total. The predicted molar refractivity (Wildman–Crippen MR) is 93.8 cm³/mol. The van der Waals surface area contributed by atoms with Gasteiger partial charge in [0.2, 0.25) is 5.91 Å².